The number of rotatable bonds is 7. The summed E-state index contributed by atoms with van der Waals surface area (Å²) in [6.07, 6.45) is 2.65. The van der Waals surface area contributed by atoms with Crippen molar-refractivity contribution in [2.24, 2.45) is 11.8 Å². The Morgan fingerprint density at radius 1 is 1.41 bits per heavy atom. The number of amides is 1. The zero-order chi connectivity index (χ0) is 23.5. The van der Waals surface area contributed by atoms with Gasteiger partial charge in [-0.05, 0) is 49.8 Å². The molecule has 1 fully saturated rings. The molecule has 0 aliphatic heterocycles. The van der Waals surface area contributed by atoms with Crippen molar-refractivity contribution < 1.29 is 28.6 Å². The number of aryl methyl sites for hydroxylation is 1. The summed E-state index contributed by atoms with van der Waals surface area (Å²) in [5.74, 6) is 10.6. The Hall–Kier alpha value is -2.89. The van der Waals surface area contributed by atoms with Gasteiger partial charge in [0, 0.05) is 41.8 Å². The third-order valence-corrected chi connectivity index (χ3v) is 7.84. The second-order valence-electron chi connectivity index (χ2n) is 8.14. The van der Waals surface area contributed by atoms with Gasteiger partial charge in [0.2, 0.25) is 0 Å². The molecule has 1 amide bonds. The molecule has 1 saturated carbocycles. The molecule has 170 valence electrons. The maximum atomic E-state index is 12.1. The largest absolute Gasteiger partial charge is 0.394 e. The van der Waals surface area contributed by atoms with Crippen LogP contribution in [-0.2, 0) is 21.2 Å². The summed E-state index contributed by atoms with van der Waals surface area (Å²) in [5.41, 5.74) is 2.85. The predicted octanol–water partition coefficient (Wildman–Crippen LogP) is 0.0793. The van der Waals surface area contributed by atoms with Crippen LogP contribution < -0.4 is 5.48 Å². The molecule has 0 spiro atoms. The van der Waals surface area contributed by atoms with E-state index in [9.17, 15) is 18.3 Å². The minimum atomic E-state index is -3.78. The number of aliphatic hydroxyl groups excluding tert-OH is 2. The average molecular weight is 460 g/mol. The lowest BCUT2D eigenvalue weighted by molar-refractivity contribution is -0.131. The summed E-state index contributed by atoms with van der Waals surface area (Å²) in [5, 5.41) is 32.6. The number of hydrogen-bond acceptors (Lipinski definition) is 7. The summed E-state index contributed by atoms with van der Waals surface area (Å²) in [6, 6.07) is 5.41. The number of carbonyl (C=O) groups is 1. The number of fused-ring (bicyclic) bond motifs is 1. The summed E-state index contributed by atoms with van der Waals surface area (Å²) >= 11 is 0. The van der Waals surface area contributed by atoms with Gasteiger partial charge in [-0.2, -0.15) is 5.10 Å². The van der Waals surface area contributed by atoms with Gasteiger partial charge in [-0.25, -0.2) is 13.9 Å². The lowest BCUT2D eigenvalue weighted by Crippen LogP contribution is -2.49. The SMILES string of the molecule is CC(CCn1cc2cc(C#CC#C[C@@H]3C[C@H]3[C@H](O)CO)ccc2n1)(C(=O)NO)S(C)(=O)=O. The van der Waals surface area contributed by atoms with E-state index < -0.39 is 26.6 Å². The van der Waals surface area contributed by atoms with E-state index in [-0.39, 0.29) is 31.4 Å². The zero-order valence-corrected chi connectivity index (χ0v) is 18.6. The molecule has 3 rings (SSSR count). The molecular weight excluding hydrogens is 434 g/mol. The van der Waals surface area contributed by atoms with E-state index in [1.165, 1.54) is 12.4 Å². The molecule has 0 bridgehead atoms. The van der Waals surface area contributed by atoms with E-state index in [0.717, 1.165) is 23.6 Å². The molecule has 4 N–H and O–H groups in total. The fraction of sp³-hybridized carbons (Fsp3) is 0.455. The smallest absolute Gasteiger partial charge is 0.264 e. The Morgan fingerprint density at radius 2 is 2.16 bits per heavy atom. The first-order valence-corrected chi connectivity index (χ1v) is 11.9. The molecule has 2 aromatic rings. The maximum Gasteiger partial charge on any atom is 0.264 e. The van der Waals surface area contributed by atoms with Crippen LogP contribution in [0.2, 0.25) is 0 Å². The Bertz CT molecular complexity index is 1250. The number of nitrogens with zero attached hydrogens (tertiary/aromatic N) is 2. The molecule has 1 aromatic heterocycles. The fourth-order valence-electron chi connectivity index (χ4n) is 3.36. The Labute approximate surface area is 186 Å². The van der Waals surface area contributed by atoms with Crippen LogP contribution >= 0.6 is 0 Å². The highest BCUT2D eigenvalue weighted by molar-refractivity contribution is 7.92. The average Bonchev–Trinajstić information content (AvgIpc) is 3.42. The lowest BCUT2D eigenvalue weighted by atomic mass is 10.1. The number of aliphatic hydroxyl groups is 2. The molecule has 1 unspecified atom stereocenters. The van der Waals surface area contributed by atoms with Crippen molar-refractivity contribution in [2.45, 2.75) is 37.2 Å². The van der Waals surface area contributed by atoms with Crippen LogP contribution in [0.4, 0.5) is 0 Å². The molecule has 10 heteroatoms. The van der Waals surface area contributed by atoms with Crippen molar-refractivity contribution in [1.29, 1.82) is 0 Å². The quantitative estimate of drug-likeness (QED) is 0.261. The van der Waals surface area contributed by atoms with Crippen LogP contribution in [0.5, 0.6) is 0 Å². The number of carbonyl (C=O) groups excluding carboxylic acids is 1. The van der Waals surface area contributed by atoms with Crippen LogP contribution in [0, 0.1) is 35.5 Å². The fourth-order valence-corrected chi connectivity index (χ4v) is 4.20. The first-order valence-electron chi connectivity index (χ1n) is 10.0. The summed E-state index contributed by atoms with van der Waals surface area (Å²) < 4.78 is 23.9. The van der Waals surface area contributed by atoms with Crippen LogP contribution in [0.15, 0.2) is 24.4 Å². The van der Waals surface area contributed by atoms with Gasteiger partial charge in [-0.1, -0.05) is 11.8 Å². The highest BCUT2D eigenvalue weighted by Gasteiger charge is 2.43. The molecule has 1 aliphatic carbocycles. The molecule has 0 radical (unpaired) electrons. The number of hydrogen-bond donors (Lipinski definition) is 4. The molecule has 1 aliphatic rings. The maximum absolute atomic E-state index is 12.1. The summed E-state index contributed by atoms with van der Waals surface area (Å²) in [4.78, 5) is 11.9. The monoisotopic (exact) mass is 459 g/mol. The molecule has 1 aromatic carbocycles. The minimum absolute atomic E-state index is 0.0181. The van der Waals surface area contributed by atoms with E-state index >= 15 is 0 Å². The van der Waals surface area contributed by atoms with Crippen molar-refractivity contribution >= 4 is 26.6 Å². The topological polar surface area (TPSA) is 142 Å². The van der Waals surface area contributed by atoms with Crippen LogP contribution in [0.3, 0.4) is 0 Å². The van der Waals surface area contributed by atoms with Crippen molar-refractivity contribution in [2.75, 3.05) is 12.9 Å². The summed E-state index contributed by atoms with van der Waals surface area (Å²) in [6.45, 7) is 1.16. The van der Waals surface area contributed by atoms with E-state index in [0.29, 0.717) is 5.52 Å². The Kier molecular flexibility index (Phi) is 6.91. The molecule has 32 heavy (non-hydrogen) atoms. The van der Waals surface area contributed by atoms with Crippen molar-refractivity contribution in [3.05, 3.63) is 30.0 Å². The number of hydroxylamine groups is 1. The van der Waals surface area contributed by atoms with E-state index in [2.05, 4.69) is 28.8 Å². The normalized spacial score (nSPS) is 20.3. The van der Waals surface area contributed by atoms with Gasteiger partial charge in [-0.3, -0.25) is 14.7 Å². The van der Waals surface area contributed by atoms with Crippen LogP contribution in [-0.4, -0.2) is 63.2 Å². The lowest BCUT2D eigenvalue weighted by Gasteiger charge is -2.24. The van der Waals surface area contributed by atoms with E-state index in [1.807, 2.05) is 6.07 Å². The Balaban J connectivity index is 1.69. The second-order valence-corrected chi connectivity index (χ2v) is 10.6. The van der Waals surface area contributed by atoms with Gasteiger partial charge in [-0.15, -0.1) is 0 Å². The molecule has 4 atom stereocenters. The first kappa shape index (κ1) is 23.8. The standard InChI is InChI=1S/C22H25N3O6S/c1-22(21(28)24-29,32(2,30)31)9-10-25-13-17-11-15(7-8-19(17)23-25)5-3-4-6-16-12-18(16)20(27)14-26/h7-8,11,13,16,18,20,26-27,29H,9-10,12,14H2,1-2H3,(H,24,28)/t16-,18-,20-,22?/m1/s1. The summed E-state index contributed by atoms with van der Waals surface area (Å²) in [7, 11) is -3.78. The molecule has 9 nitrogen and oxygen atoms in total. The van der Waals surface area contributed by atoms with Gasteiger partial charge in [0.25, 0.3) is 5.91 Å². The molecular formula is C22H25N3O6S. The second kappa shape index (κ2) is 9.31. The third-order valence-electron chi connectivity index (χ3n) is 5.82. The van der Waals surface area contributed by atoms with Gasteiger partial charge < -0.3 is 10.2 Å². The number of nitrogens with one attached hydrogen (secondary N) is 1. The number of benzene rings is 1. The van der Waals surface area contributed by atoms with Gasteiger partial charge in [0.05, 0.1) is 18.2 Å². The highest BCUT2D eigenvalue weighted by atomic mass is 32.2. The minimum Gasteiger partial charge on any atom is -0.394 e. The van der Waals surface area contributed by atoms with Crippen molar-refractivity contribution in [1.82, 2.24) is 15.3 Å². The highest BCUT2D eigenvalue weighted by Crippen LogP contribution is 2.40. The van der Waals surface area contributed by atoms with Gasteiger partial charge in [0.15, 0.2) is 14.6 Å². The van der Waals surface area contributed by atoms with E-state index in [4.69, 9.17) is 10.3 Å². The zero-order valence-electron chi connectivity index (χ0n) is 17.7. The predicted molar refractivity (Wildman–Crippen MR) is 117 cm³/mol. The van der Waals surface area contributed by atoms with Gasteiger partial charge in [0.1, 0.15) is 0 Å². The number of aromatic nitrogens is 2. The first-order chi connectivity index (χ1) is 15.1. The number of sulfone groups is 1. The van der Waals surface area contributed by atoms with Gasteiger partial charge >= 0.3 is 0 Å². The van der Waals surface area contributed by atoms with Crippen LogP contribution in [0.1, 0.15) is 25.3 Å². The van der Waals surface area contributed by atoms with Crippen molar-refractivity contribution in [3.8, 4) is 23.7 Å². The molecule has 1 heterocycles. The Morgan fingerprint density at radius 3 is 2.81 bits per heavy atom. The van der Waals surface area contributed by atoms with E-state index in [1.54, 1.807) is 23.0 Å². The molecule has 0 saturated heterocycles. The van der Waals surface area contributed by atoms with Crippen LogP contribution in [0.25, 0.3) is 10.9 Å². The van der Waals surface area contributed by atoms with Crippen molar-refractivity contribution in [3.63, 3.8) is 0 Å². The third kappa shape index (κ3) is 5.12.